The highest BCUT2D eigenvalue weighted by atomic mass is 16.7. The number of fused-ring (bicyclic) bond motifs is 4. The van der Waals surface area contributed by atoms with E-state index in [1.165, 1.54) is 19.8 Å². The Morgan fingerprint density at radius 2 is 1.67 bits per heavy atom. The summed E-state index contributed by atoms with van der Waals surface area (Å²) in [7, 11) is 0. The minimum absolute atomic E-state index is 0.0479. The Bertz CT molecular complexity index is 1420. The number of hydrogen-bond acceptors (Lipinski definition) is 9. The van der Waals surface area contributed by atoms with Gasteiger partial charge < -0.3 is 38.8 Å². The fourth-order valence-corrected chi connectivity index (χ4v) is 14.6. The van der Waals surface area contributed by atoms with E-state index in [1.807, 2.05) is 11.8 Å². The largest absolute Gasteiger partial charge is 0.457 e. The maximum atomic E-state index is 13.3. The van der Waals surface area contributed by atoms with Crippen LogP contribution in [0.3, 0.4) is 0 Å². The van der Waals surface area contributed by atoms with Crippen LogP contribution in [0, 0.1) is 56.2 Å². The van der Waals surface area contributed by atoms with Crippen molar-refractivity contribution in [3.8, 4) is 0 Å². The molecule has 8 rings (SSSR count). The Morgan fingerprint density at radius 3 is 2.31 bits per heavy atom. The number of carbonyl (C=O) groups is 2. The maximum Gasteiger partial charge on any atom is 0.303 e. The van der Waals surface area contributed by atoms with Crippen molar-refractivity contribution in [3.05, 3.63) is 0 Å². The van der Waals surface area contributed by atoms with Gasteiger partial charge in [-0.05, 0) is 117 Å². The summed E-state index contributed by atoms with van der Waals surface area (Å²) >= 11 is 0. The number of amides is 1. The van der Waals surface area contributed by atoms with Crippen molar-refractivity contribution in [1.82, 2.24) is 4.90 Å². The van der Waals surface area contributed by atoms with Crippen molar-refractivity contribution in [3.63, 3.8) is 0 Å². The molecule has 2 spiro atoms. The molecule has 10 heteroatoms. The third-order valence-corrected chi connectivity index (χ3v) is 17.1. The number of aliphatic hydroxyl groups is 2. The zero-order valence-electron chi connectivity index (χ0n) is 32.7. The molecule has 8 aliphatic rings. The summed E-state index contributed by atoms with van der Waals surface area (Å²) in [4.78, 5) is 27.3. The van der Waals surface area contributed by atoms with Crippen LogP contribution >= 0.6 is 0 Å². The lowest BCUT2D eigenvalue weighted by molar-refractivity contribution is -0.250. The van der Waals surface area contributed by atoms with E-state index < -0.39 is 41.6 Å². The van der Waals surface area contributed by atoms with E-state index in [2.05, 4.69) is 34.6 Å². The lowest BCUT2D eigenvalue weighted by atomic mass is 9.41. The van der Waals surface area contributed by atoms with Crippen LogP contribution in [0.1, 0.15) is 114 Å². The highest BCUT2D eigenvalue weighted by molar-refractivity contribution is 5.83. The fraction of sp³-hybridized carbons (Fsp3) is 0.951. The number of aliphatic hydroxyl groups excluding tert-OH is 1. The van der Waals surface area contributed by atoms with E-state index in [0.29, 0.717) is 51.2 Å². The second-order valence-corrected chi connectivity index (χ2v) is 20.5. The third kappa shape index (κ3) is 4.94. The monoisotopic (exact) mass is 715 g/mol. The lowest BCUT2D eigenvalue weighted by Crippen LogP contribution is -2.61. The molecular weight excluding hydrogens is 650 g/mol. The molecule has 2 N–H and O–H groups in total. The molecule has 1 amide bonds. The van der Waals surface area contributed by atoms with Crippen molar-refractivity contribution < 1.29 is 43.5 Å². The average Bonchev–Trinajstić information content (AvgIpc) is 3.67. The van der Waals surface area contributed by atoms with Crippen molar-refractivity contribution in [2.75, 3.05) is 32.9 Å². The van der Waals surface area contributed by atoms with Crippen LogP contribution in [0.2, 0.25) is 0 Å². The van der Waals surface area contributed by atoms with Gasteiger partial charge in [-0.25, -0.2) is 0 Å². The number of morpholine rings is 1. The van der Waals surface area contributed by atoms with Gasteiger partial charge in [-0.3, -0.25) is 9.59 Å². The van der Waals surface area contributed by atoms with Gasteiger partial charge in [0.2, 0.25) is 5.91 Å². The van der Waals surface area contributed by atoms with Crippen LogP contribution < -0.4 is 0 Å². The highest BCUT2D eigenvalue weighted by Gasteiger charge is 2.84. The van der Waals surface area contributed by atoms with Gasteiger partial charge in [0.05, 0.1) is 61.8 Å². The number of esters is 1. The first-order valence-corrected chi connectivity index (χ1v) is 20.1. The highest BCUT2D eigenvalue weighted by Crippen LogP contribution is 2.89. The molecule has 4 unspecified atom stereocenters. The molecule has 8 fully saturated rings. The van der Waals surface area contributed by atoms with Crippen molar-refractivity contribution in [2.24, 2.45) is 56.2 Å². The average molecular weight is 716 g/mol. The maximum absolute atomic E-state index is 13.3. The summed E-state index contributed by atoms with van der Waals surface area (Å²) in [6.45, 7) is 21.2. The minimum Gasteiger partial charge on any atom is -0.457 e. The standard InChI is InChI=1S/C41H65NO9/c1-23-18-25(33(36(5,6)46)49-24(2)43)50-31-30(23)38(8)14-15-41-20-40(41)13-12-28(35(3,4)26(40)10-11-27(41)39(38,9)32(31)44)51-29-19-42(16-17-48-29)34(45)37(7)21-47-22-37/h23,25-33,44,46H,10-22H2,1-9H3/t23-,25?,26+,27?,28+,29+,30+,31?,32+,33+,38-,39-,40-,41?/m1/s1. The Balaban J connectivity index is 1.01. The molecule has 14 atom stereocenters. The Hall–Kier alpha value is -1.30. The Morgan fingerprint density at radius 1 is 0.980 bits per heavy atom. The Labute approximate surface area is 305 Å². The summed E-state index contributed by atoms with van der Waals surface area (Å²) in [6.07, 6.45) is 5.87. The van der Waals surface area contributed by atoms with Crippen LogP contribution in [0.15, 0.2) is 0 Å². The van der Waals surface area contributed by atoms with E-state index in [-0.39, 0.29) is 57.0 Å². The van der Waals surface area contributed by atoms with Crippen LogP contribution in [0.4, 0.5) is 0 Å². The van der Waals surface area contributed by atoms with Gasteiger partial charge in [-0.1, -0.05) is 34.6 Å². The number of hydrogen-bond donors (Lipinski definition) is 2. The lowest BCUT2D eigenvalue weighted by Gasteiger charge is -2.64. The summed E-state index contributed by atoms with van der Waals surface area (Å²) in [5.41, 5.74) is -1.68. The second kappa shape index (κ2) is 11.6. The van der Waals surface area contributed by atoms with Crippen molar-refractivity contribution in [1.29, 1.82) is 0 Å². The van der Waals surface area contributed by atoms with Gasteiger partial charge in [-0.15, -0.1) is 0 Å². The molecule has 0 bridgehead atoms. The van der Waals surface area contributed by atoms with Crippen molar-refractivity contribution in [2.45, 2.75) is 156 Å². The zero-order valence-corrected chi connectivity index (χ0v) is 32.7. The molecule has 5 aliphatic carbocycles. The van der Waals surface area contributed by atoms with Gasteiger partial charge in [-0.2, -0.15) is 0 Å². The molecule has 51 heavy (non-hydrogen) atoms. The minimum atomic E-state index is -1.27. The first kappa shape index (κ1) is 36.7. The van der Waals surface area contributed by atoms with E-state index in [4.69, 9.17) is 23.7 Å². The first-order chi connectivity index (χ1) is 23.8. The summed E-state index contributed by atoms with van der Waals surface area (Å²) in [5.74, 6) is 1.09. The molecule has 0 aromatic heterocycles. The van der Waals surface area contributed by atoms with Gasteiger partial charge in [0.25, 0.3) is 0 Å². The number of carbonyl (C=O) groups excluding carboxylic acids is 2. The van der Waals surface area contributed by atoms with Gasteiger partial charge >= 0.3 is 5.97 Å². The molecule has 3 heterocycles. The second-order valence-electron chi connectivity index (χ2n) is 20.5. The molecular formula is C41H65NO9. The van der Waals surface area contributed by atoms with Gasteiger partial charge in [0.15, 0.2) is 12.4 Å². The van der Waals surface area contributed by atoms with Crippen LogP contribution in [0.5, 0.6) is 0 Å². The molecule has 3 saturated heterocycles. The van der Waals surface area contributed by atoms with Crippen LogP contribution in [0.25, 0.3) is 0 Å². The molecule has 0 aromatic carbocycles. The molecule has 0 radical (unpaired) electrons. The molecule has 10 nitrogen and oxygen atoms in total. The zero-order chi connectivity index (χ0) is 36.7. The molecule has 5 saturated carbocycles. The summed E-state index contributed by atoms with van der Waals surface area (Å²) in [6, 6.07) is 0. The predicted octanol–water partition coefficient (Wildman–Crippen LogP) is 5.11. The van der Waals surface area contributed by atoms with Crippen molar-refractivity contribution >= 4 is 11.9 Å². The summed E-state index contributed by atoms with van der Waals surface area (Å²) in [5, 5.41) is 23.7. The molecule has 0 aromatic rings. The van der Waals surface area contributed by atoms with Crippen LogP contribution in [-0.4, -0.2) is 102 Å². The smallest absolute Gasteiger partial charge is 0.303 e. The predicted molar refractivity (Wildman–Crippen MR) is 188 cm³/mol. The fourth-order valence-electron chi connectivity index (χ4n) is 14.6. The summed E-state index contributed by atoms with van der Waals surface area (Å²) < 4.78 is 30.9. The normalized spacial score (nSPS) is 49.9. The third-order valence-electron chi connectivity index (χ3n) is 17.1. The van der Waals surface area contributed by atoms with Gasteiger partial charge in [0.1, 0.15) is 0 Å². The van der Waals surface area contributed by atoms with E-state index in [9.17, 15) is 19.8 Å². The van der Waals surface area contributed by atoms with E-state index in [1.54, 1.807) is 13.8 Å². The van der Waals surface area contributed by atoms with Crippen LogP contribution in [-0.2, 0) is 33.3 Å². The molecule has 3 aliphatic heterocycles. The molecule has 288 valence electrons. The first-order valence-electron chi connectivity index (χ1n) is 20.1. The van der Waals surface area contributed by atoms with Gasteiger partial charge in [0, 0.05) is 18.9 Å². The number of ether oxygens (including phenoxy) is 5. The quantitative estimate of drug-likeness (QED) is 0.362. The number of nitrogens with zero attached hydrogens (tertiary/aromatic N) is 1. The van der Waals surface area contributed by atoms with E-state index >= 15 is 0 Å². The topological polar surface area (TPSA) is 124 Å². The van der Waals surface area contributed by atoms with E-state index in [0.717, 1.165) is 32.1 Å². The Kier molecular flexibility index (Phi) is 8.35. The SMILES string of the molecule is CC(=O)O[C@@H](C1C[C@@H](C)[C@H]2C(O1)[C@H](O)[C@@]1(C)C3CC[C@H]4C(C)(C)[C@@H](O[C@H]5CN(C(=O)C6(C)COC6)CCO5)CC[C@@]45CC35CC[C@]21C)C(C)(C)O. The number of rotatable bonds is 6.